The van der Waals surface area contributed by atoms with Crippen LogP contribution < -0.4 is 21.3 Å². The fraction of sp³-hybridized carbons (Fsp3) is 0. The molecule has 0 bridgehead atoms. The smallest absolute Gasteiger partial charge is 0.176 e. The van der Waals surface area contributed by atoms with Gasteiger partial charge in [-0.05, 0) is 60.8 Å². The third-order valence-corrected chi connectivity index (χ3v) is 3.70. The molecule has 130 valence electrons. The van der Waals surface area contributed by atoms with Crippen molar-refractivity contribution in [2.24, 2.45) is 0 Å². The molecule has 4 N–H and O–H groups in total. The largest absolute Gasteiger partial charge is 0.332 e. The van der Waals surface area contributed by atoms with Crippen LogP contribution in [-0.4, -0.2) is 15.2 Å². The number of hydrogen-bond acceptors (Lipinski definition) is 3. The van der Waals surface area contributed by atoms with Gasteiger partial charge in [0.1, 0.15) is 11.6 Å². The Morgan fingerprint density at radius 1 is 0.538 bits per heavy atom. The third-order valence-electron chi connectivity index (χ3n) is 3.30. The minimum Gasteiger partial charge on any atom is -0.332 e. The van der Waals surface area contributed by atoms with Crippen LogP contribution in [0.25, 0.3) is 0 Å². The normalized spacial score (nSPS) is 9.85. The second kappa shape index (κ2) is 8.89. The number of benzene rings is 2. The van der Waals surface area contributed by atoms with Crippen molar-refractivity contribution in [2.45, 2.75) is 0 Å². The Labute approximate surface area is 162 Å². The van der Waals surface area contributed by atoms with Crippen LogP contribution in [0.3, 0.4) is 0 Å². The summed E-state index contributed by atoms with van der Waals surface area (Å²) in [7, 11) is 0. The van der Waals surface area contributed by atoms with Crippen molar-refractivity contribution in [2.75, 3.05) is 21.3 Å². The Balaban J connectivity index is 1.57. The highest BCUT2D eigenvalue weighted by Crippen LogP contribution is 2.12. The zero-order valence-corrected chi connectivity index (χ0v) is 15.4. The molecule has 0 unspecified atom stereocenters. The van der Waals surface area contributed by atoms with Gasteiger partial charge in [0.15, 0.2) is 10.2 Å². The molecule has 1 heterocycles. The lowest BCUT2D eigenvalue weighted by atomic mass is 10.3. The lowest BCUT2D eigenvalue weighted by Gasteiger charge is -2.12. The van der Waals surface area contributed by atoms with Gasteiger partial charge < -0.3 is 21.3 Å². The van der Waals surface area contributed by atoms with Crippen molar-refractivity contribution in [1.82, 2.24) is 4.98 Å². The van der Waals surface area contributed by atoms with Crippen molar-refractivity contribution in [3.8, 4) is 0 Å². The summed E-state index contributed by atoms with van der Waals surface area (Å²) in [4.78, 5) is 4.46. The average molecular weight is 380 g/mol. The lowest BCUT2D eigenvalue weighted by molar-refractivity contribution is 1.32. The first-order valence-electron chi connectivity index (χ1n) is 7.92. The highest BCUT2D eigenvalue weighted by molar-refractivity contribution is 7.81. The number of hydrogen-bond donors (Lipinski definition) is 4. The highest BCUT2D eigenvalue weighted by atomic mass is 32.1. The second-order valence-corrected chi connectivity index (χ2v) is 6.11. The predicted molar refractivity (Wildman–Crippen MR) is 117 cm³/mol. The molecule has 26 heavy (non-hydrogen) atoms. The number of nitrogens with zero attached hydrogens (tertiary/aromatic N) is 1. The molecule has 0 aliphatic carbocycles. The Bertz CT molecular complexity index is 814. The molecule has 0 fully saturated rings. The summed E-state index contributed by atoms with van der Waals surface area (Å²) in [5.41, 5.74) is 1.82. The van der Waals surface area contributed by atoms with Gasteiger partial charge >= 0.3 is 0 Å². The number of pyridine rings is 1. The van der Waals surface area contributed by atoms with Crippen molar-refractivity contribution >= 4 is 57.7 Å². The Hall–Kier alpha value is -3.03. The Morgan fingerprint density at radius 3 is 1.38 bits per heavy atom. The van der Waals surface area contributed by atoms with Gasteiger partial charge in [0.2, 0.25) is 0 Å². The molecule has 1 aromatic heterocycles. The molecule has 2 aromatic carbocycles. The number of thiocarbonyl (C=S) groups is 2. The maximum absolute atomic E-state index is 5.32. The van der Waals surface area contributed by atoms with Gasteiger partial charge in [0.25, 0.3) is 0 Å². The molecule has 0 radical (unpaired) electrons. The topological polar surface area (TPSA) is 61.0 Å². The minimum absolute atomic E-state index is 0.464. The molecule has 0 atom stereocenters. The van der Waals surface area contributed by atoms with Crippen LogP contribution in [0, 0.1) is 0 Å². The van der Waals surface area contributed by atoms with E-state index in [1.165, 1.54) is 0 Å². The molecular formula is C19H17N5S2. The van der Waals surface area contributed by atoms with Gasteiger partial charge in [-0.1, -0.05) is 42.5 Å². The molecule has 7 heteroatoms. The van der Waals surface area contributed by atoms with Crippen LogP contribution in [0.15, 0.2) is 78.9 Å². The first kappa shape index (κ1) is 17.8. The van der Waals surface area contributed by atoms with Gasteiger partial charge in [0.05, 0.1) is 0 Å². The van der Waals surface area contributed by atoms with Crippen LogP contribution in [0.5, 0.6) is 0 Å². The predicted octanol–water partition coefficient (Wildman–Crippen LogP) is 4.70. The fourth-order valence-electron chi connectivity index (χ4n) is 2.17. The molecule has 0 saturated heterocycles. The lowest BCUT2D eigenvalue weighted by Crippen LogP contribution is -2.21. The summed E-state index contributed by atoms with van der Waals surface area (Å²) in [6, 6.07) is 24.9. The Kier molecular flexibility index (Phi) is 6.08. The van der Waals surface area contributed by atoms with Gasteiger partial charge in [0, 0.05) is 11.4 Å². The van der Waals surface area contributed by atoms with E-state index in [2.05, 4.69) is 26.3 Å². The molecule has 0 aliphatic rings. The van der Waals surface area contributed by atoms with E-state index < -0.39 is 0 Å². The van der Waals surface area contributed by atoms with Crippen molar-refractivity contribution in [1.29, 1.82) is 0 Å². The number of aromatic nitrogens is 1. The SMILES string of the molecule is S=C(Nc1ccccc1)Nc1cccc(NC(=S)Nc2ccccc2)n1. The van der Waals surface area contributed by atoms with E-state index in [-0.39, 0.29) is 0 Å². The van der Waals surface area contributed by atoms with E-state index in [0.717, 1.165) is 11.4 Å². The maximum Gasteiger partial charge on any atom is 0.176 e. The molecule has 0 aliphatic heterocycles. The Morgan fingerprint density at radius 2 is 0.962 bits per heavy atom. The number of rotatable bonds is 4. The third kappa shape index (κ3) is 5.51. The summed E-state index contributed by atoms with van der Waals surface area (Å²) >= 11 is 10.6. The van der Waals surface area contributed by atoms with E-state index in [1.807, 2.05) is 78.9 Å². The zero-order chi connectivity index (χ0) is 18.2. The van der Waals surface area contributed by atoms with E-state index in [9.17, 15) is 0 Å². The van der Waals surface area contributed by atoms with Crippen molar-refractivity contribution < 1.29 is 0 Å². The summed E-state index contributed by atoms with van der Waals surface area (Å²) in [6.45, 7) is 0. The maximum atomic E-state index is 5.32. The highest BCUT2D eigenvalue weighted by Gasteiger charge is 2.03. The van der Waals surface area contributed by atoms with Crippen LogP contribution in [-0.2, 0) is 0 Å². The molecule has 5 nitrogen and oxygen atoms in total. The molecule has 0 saturated carbocycles. The van der Waals surface area contributed by atoms with E-state index in [4.69, 9.17) is 24.4 Å². The van der Waals surface area contributed by atoms with Crippen molar-refractivity contribution in [3.63, 3.8) is 0 Å². The van der Waals surface area contributed by atoms with Gasteiger partial charge in [-0.15, -0.1) is 0 Å². The first-order valence-corrected chi connectivity index (χ1v) is 8.74. The number of nitrogens with one attached hydrogen (secondary N) is 4. The summed E-state index contributed by atoms with van der Waals surface area (Å²) in [5, 5.41) is 13.3. The molecule has 0 spiro atoms. The minimum atomic E-state index is 0.464. The second-order valence-electron chi connectivity index (χ2n) is 5.30. The van der Waals surface area contributed by atoms with E-state index in [0.29, 0.717) is 21.9 Å². The van der Waals surface area contributed by atoms with E-state index >= 15 is 0 Å². The molecular weight excluding hydrogens is 362 g/mol. The van der Waals surface area contributed by atoms with Crippen molar-refractivity contribution in [3.05, 3.63) is 78.9 Å². The molecule has 0 amide bonds. The quantitative estimate of drug-likeness (QED) is 0.490. The number of anilines is 4. The molecule has 3 aromatic rings. The standard InChI is InChI=1S/C19H17N5S2/c25-18(20-14-8-3-1-4-9-14)23-16-12-7-13-17(22-16)24-19(26)21-15-10-5-2-6-11-15/h1-13H,(H4,20,21,22,23,24,25,26). The van der Waals surface area contributed by atoms with Gasteiger partial charge in [-0.25, -0.2) is 4.98 Å². The zero-order valence-electron chi connectivity index (χ0n) is 13.8. The monoisotopic (exact) mass is 379 g/mol. The number of para-hydroxylation sites is 2. The van der Waals surface area contributed by atoms with Crippen LogP contribution in [0.2, 0.25) is 0 Å². The first-order chi connectivity index (χ1) is 12.7. The average Bonchev–Trinajstić information content (AvgIpc) is 2.63. The van der Waals surface area contributed by atoms with Gasteiger partial charge in [-0.2, -0.15) is 0 Å². The van der Waals surface area contributed by atoms with Crippen LogP contribution in [0.1, 0.15) is 0 Å². The summed E-state index contributed by atoms with van der Waals surface area (Å²) in [6.07, 6.45) is 0. The fourth-order valence-corrected chi connectivity index (χ4v) is 2.62. The molecule has 3 rings (SSSR count). The van der Waals surface area contributed by atoms with Crippen LogP contribution >= 0.6 is 24.4 Å². The summed E-state index contributed by atoms with van der Waals surface area (Å²) in [5.74, 6) is 1.23. The van der Waals surface area contributed by atoms with E-state index in [1.54, 1.807) is 0 Å². The van der Waals surface area contributed by atoms with Crippen LogP contribution in [0.4, 0.5) is 23.0 Å². The summed E-state index contributed by atoms with van der Waals surface area (Å²) < 4.78 is 0. The van der Waals surface area contributed by atoms with Gasteiger partial charge in [-0.3, -0.25) is 0 Å².